The molecule has 0 N–H and O–H groups in total. The second kappa shape index (κ2) is 3.91. The van der Waals surface area contributed by atoms with Crippen molar-refractivity contribution in [2.24, 2.45) is 0 Å². The molecule has 0 atom stereocenters. The Bertz CT molecular complexity index is 665. The maximum Gasteiger partial charge on any atom is 0.144 e. The molecule has 0 aliphatic heterocycles. The number of pyridine rings is 1. The summed E-state index contributed by atoms with van der Waals surface area (Å²) in [6.45, 7) is 4.14. The van der Waals surface area contributed by atoms with Gasteiger partial charge >= 0.3 is 0 Å². The van der Waals surface area contributed by atoms with Gasteiger partial charge in [-0.3, -0.25) is 0 Å². The van der Waals surface area contributed by atoms with Crippen molar-refractivity contribution in [2.45, 2.75) is 0 Å². The van der Waals surface area contributed by atoms with Crippen molar-refractivity contribution in [1.29, 1.82) is 0 Å². The van der Waals surface area contributed by atoms with Crippen molar-refractivity contribution < 1.29 is 0 Å². The highest BCUT2D eigenvalue weighted by atomic mass is 15.0. The van der Waals surface area contributed by atoms with Gasteiger partial charge in [0, 0.05) is 23.5 Å². The highest BCUT2D eigenvalue weighted by molar-refractivity contribution is 5.82. The Labute approximate surface area is 99.8 Å². The first-order valence-corrected chi connectivity index (χ1v) is 5.53. The van der Waals surface area contributed by atoms with Crippen LogP contribution in [-0.4, -0.2) is 9.55 Å². The third-order valence-electron chi connectivity index (χ3n) is 2.85. The van der Waals surface area contributed by atoms with Crippen LogP contribution in [0.3, 0.4) is 0 Å². The van der Waals surface area contributed by atoms with E-state index in [1.807, 2.05) is 35.0 Å². The number of nitrogens with zero attached hydrogens (tertiary/aromatic N) is 2. The van der Waals surface area contributed by atoms with Gasteiger partial charge in [0.25, 0.3) is 0 Å². The van der Waals surface area contributed by atoms with Crippen LogP contribution >= 0.6 is 0 Å². The predicted octanol–water partition coefficient (Wildman–Crippen LogP) is 3.56. The fraction of sp³-hybridized carbons (Fsp3) is 0. The molecule has 82 valence electrons. The molecule has 3 rings (SSSR count). The summed E-state index contributed by atoms with van der Waals surface area (Å²) in [6.07, 6.45) is 3.81. The molecule has 17 heavy (non-hydrogen) atoms. The van der Waals surface area contributed by atoms with Crippen LogP contribution < -0.4 is 0 Å². The van der Waals surface area contributed by atoms with E-state index in [1.165, 1.54) is 0 Å². The summed E-state index contributed by atoms with van der Waals surface area (Å²) >= 11 is 0. The number of benzene rings is 1. The van der Waals surface area contributed by atoms with E-state index < -0.39 is 0 Å². The van der Waals surface area contributed by atoms with Crippen LogP contribution in [0.25, 0.3) is 16.7 Å². The lowest BCUT2D eigenvalue weighted by atomic mass is 10.2. The van der Waals surface area contributed by atoms with Gasteiger partial charge in [0.05, 0.1) is 0 Å². The summed E-state index contributed by atoms with van der Waals surface area (Å²) in [6, 6.07) is 16.2. The number of aromatic nitrogens is 2. The molecule has 2 nitrogen and oxygen atoms in total. The second-order valence-electron chi connectivity index (χ2n) is 3.91. The van der Waals surface area contributed by atoms with Crippen molar-refractivity contribution in [1.82, 2.24) is 9.55 Å². The van der Waals surface area contributed by atoms with Crippen LogP contribution in [0.2, 0.25) is 0 Å². The number of hydrogen-bond donors (Lipinski definition) is 0. The Hall–Kier alpha value is -2.35. The first-order valence-electron chi connectivity index (χ1n) is 5.53. The molecule has 0 fully saturated rings. The molecular weight excluding hydrogens is 208 g/mol. The maximum absolute atomic E-state index is 4.39. The quantitative estimate of drug-likeness (QED) is 0.645. The molecule has 0 saturated heterocycles. The summed E-state index contributed by atoms with van der Waals surface area (Å²) in [5.41, 5.74) is 3.00. The zero-order valence-electron chi connectivity index (χ0n) is 9.38. The molecular formula is C15H12N2. The van der Waals surface area contributed by atoms with Gasteiger partial charge in [-0.25, -0.2) is 4.98 Å². The highest BCUT2D eigenvalue weighted by Crippen LogP contribution is 2.21. The normalized spacial score (nSPS) is 10.6. The minimum absolute atomic E-state index is 0.944. The molecule has 2 heterocycles. The van der Waals surface area contributed by atoms with Crippen LogP contribution in [0.1, 0.15) is 5.56 Å². The van der Waals surface area contributed by atoms with E-state index in [2.05, 4.69) is 35.8 Å². The number of hydrogen-bond acceptors (Lipinski definition) is 1. The van der Waals surface area contributed by atoms with Gasteiger partial charge in [-0.05, 0) is 23.8 Å². The average molecular weight is 220 g/mol. The smallest absolute Gasteiger partial charge is 0.144 e. The first-order chi connectivity index (χ1) is 8.36. The Balaban J connectivity index is 2.14. The van der Waals surface area contributed by atoms with Crippen LogP contribution in [0.5, 0.6) is 0 Å². The van der Waals surface area contributed by atoms with Crippen molar-refractivity contribution >= 4 is 16.7 Å². The van der Waals surface area contributed by atoms with Gasteiger partial charge in [-0.2, -0.15) is 0 Å². The lowest BCUT2D eigenvalue weighted by Gasteiger charge is -2.08. The molecule has 0 spiro atoms. The number of rotatable bonds is 2. The van der Waals surface area contributed by atoms with Gasteiger partial charge in [0.15, 0.2) is 0 Å². The molecule has 0 aliphatic carbocycles. The summed E-state index contributed by atoms with van der Waals surface area (Å²) in [5, 5.41) is 1.13. The standard InChI is InChI=1S/C15H12N2/c1-12(13-6-3-2-4-7-13)17-11-9-14-8-5-10-16-15(14)17/h2-11H,1H2. The molecule has 3 aromatic rings. The Kier molecular flexibility index (Phi) is 2.26. The van der Waals surface area contributed by atoms with Crippen molar-refractivity contribution in [3.8, 4) is 0 Å². The third kappa shape index (κ3) is 1.64. The van der Waals surface area contributed by atoms with Crippen LogP contribution in [-0.2, 0) is 0 Å². The topological polar surface area (TPSA) is 17.8 Å². The Morgan fingerprint density at radius 1 is 1.00 bits per heavy atom. The van der Waals surface area contributed by atoms with Crippen molar-refractivity contribution in [3.63, 3.8) is 0 Å². The van der Waals surface area contributed by atoms with Crippen molar-refractivity contribution in [3.05, 3.63) is 73.1 Å². The van der Waals surface area contributed by atoms with Gasteiger partial charge in [0.2, 0.25) is 0 Å². The molecule has 0 amide bonds. The largest absolute Gasteiger partial charge is 0.301 e. The highest BCUT2D eigenvalue weighted by Gasteiger charge is 2.05. The Morgan fingerprint density at radius 3 is 2.65 bits per heavy atom. The minimum Gasteiger partial charge on any atom is -0.301 e. The predicted molar refractivity (Wildman–Crippen MR) is 70.6 cm³/mol. The van der Waals surface area contributed by atoms with E-state index in [1.54, 1.807) is 6.20 Å². The molecule has 2 heteroatoms. The summed E-state index contributed by atoms with van der Waals surface area (Å²) in [5.74, 6) is 0. The molecule has 0 radical (unpaired) electrons. The van der Waals surface area contributed by atoms with Gasteiger partial charge < -0.3 is 4.57 Å². The molecule has 2 aromatic heterocycles. The third-order valence-corrected chi connectivity index (χ3v) is 2.85. The van der Waals surface area contributed by atoms with Gasteiger partial charge in [-0.15, -0.1) is 0 Å². The van der Waals surface area contributed by atoms with Crippen LogP contribution in [0.4, 0.5) is 0 Å². The van der Waals surface area contributed by atoms with E-state index in [0.717, 1.165) is 22.3 Å². The van der Waals surface area contributed by atoms with Gasteiger partial charge in [0.1, 0.15) is 5.65 Å². The fourth-order valence-corrected chi connectivity index (χ4v) is 1.95. The minimum atomic E-state index is 0.944. The fourth-order valence-electron chi connectivity index (χ4n) is 1.95. The maximum atomic E-state index is 4.39. The lowest BCUT2D eigenvalue weighted by molar-refractivity contribution is 1.13. The molecule has 0 saturated carbocycles. The zero-order valence-corrected chi connectivity index (χ0v) is 9.38. The zero-order chi connectivity index (χ0) is 11.7. The van der Waals surface area contributed by atoms with Gasteiger partial charge in [-0.1, -0.05) is 36.9 Å². The van der Waals surface area contributed by atoms with E-state index >= 15 is 0 Å². The summed E-state index contributed by atoms with van der Waals surface area (Å²) < 4.78 is 2.02. The monoisotopic (exact) mass is 220 g/mol. The summed E-state index contributed by atoms with van der Waals surface area (Å²) in [4.78, 5) is 4.39. The lowest BCUT2D eigenvalue weighted by Crippen LogP contribution is -1.96. The van der Waals surface area contributed by atoms with Crippen molar-refractivity contribution in [2.75, 3.05) is 0 Å². The van der Waals surface area contributed by atoms with E-state index in [-0.39, 0.29) is 0 Å². The molecule has 0 unspecified atom stereocenters. The SMILES string of the molecule is C=C(c1ccccc1)n1ccc2cccnc21. The molecule has 1 aromatic carbocycles. The average Bonchev–Trinajstić information content (AvgIpc) is 2.83. The van der Waals surface area contributed by atoms with Crippen LogP contribution in [0.15, 0.2) is 67.5 Å². The van der Waals surface area contributed by atoms with E-state index in [0.29, 0.717) is 0 Å². The van der Waals surface area contributed by atoms with E-state index in [4.69, 9.17) is 0 Å². The molecule has 0 bridgehead atoms. The first kappa shape index (κ1) is 9.85. The van der Waals surface area contributed by atoms with E-state index in [9.17, 15) is 0 Å². The summed E-state index contributed by atoms with van der Waals surface area (Å²) in [7, 11) is 0. The Morgan fingerprint density at radius 2 is 1.82 bits per heavy atom. The van der Waals surface area contributed by atoms with Crippen LogP contribution in [0, 0.1) is 0 Å². The number of fused-ring (bicyclic) bond motifs is 1. The molecule has 0 aliphatic rings. The second-order valence-corrected chi connectivity index (χ2v) is 3.91.